The lowest BCUT2D eigenvalue weighted by atomic mass is 9.85. The smallest absolute Gasteiger partial charge is 0.333 e. The molecule has 0 aliphatic rings. The molecular weight excluding hydrogens is 214 g/mol. The lowest BCUT2D eigenvalue weighted by molar-refractivity contribution is -0.150. The minimum atomic E-state index is -1.47. The standard InChI is InChI=1S/C10H11NO3S/c1-10(2,8(12)9(13)14)7-4-3-6(5-11)15-7/h3-4,8,12H,1-2H3,(H,13,14). The third-order valence-electron chi connectivity index (χ3n) is 2.27. The van der Waals surface area contributed by atoms with Gasteiger partial charge in [-0.2, -0.15) is 5.26 Å². The van der Waals surface area contributed by atoms with Gasteiger partial charge in [-0.3, -0.25) is 0 Å². The van der Waals surface area contributed by atoms with Gasteiger partial charge in [0.05, 0.1) is 0 Å². The molecule has 0 fully saturated rings. The van der Waals surface area contributed by atoms with E-state index in [0.717, 1.165) is 0 Å². The highest BCUT2D eigenvalue weighted by molar-refractivity contribution is 7.12. The zero-order valence-electron chi connectivity index (χ0n) is 8.39. The Kier molecular flexibility index (Phi) is 3.12. The van der Waals surface area contributed by atoms with Crippen molar-refractivity contribution in [3.8, 4) is 6.07 Å². The number of hydrogen-bond donors (Lipinski definition) is 2. The van der Waals surface area contributed by atoms with Crippen LogP contribution in [0.5, 0.6) is 0 Å². The molecule has 1 atom stereocenters. The van der Waals surface area contributed by atoms with Crippen LogP contribution < -0.4 is 0 Å². The Labute approximate surface area is 91.4 Å². The molecule has 1 unspecified atom stereocenters. The Morgan fingerprint density at radius 2 is 2.20 bits per heavy atom. The second-order valence-electron chi connectivity index (χ2n) is 3.74. The molecule has 15 heavy (non-hydrogen) atoms. The molecular formula is C10H11NO3S. The molecule has 0 amide bonds. The maximum Gasteiger partial charge on any atom is 0.333 e. The number of carboxylic acid groups (broad SMARTS) is 1. The fraction of sp³-hybridized carbons (Fsp3) is 0.400. The normalized spacial score (nSPS) is 13.2. The zero-order chi connectivity index (χ0) is 11.6. The van der Waals surface area contributed by atoms with Gasteiger partial charge < -0.3 is 10.2 Å². The highest BCUT2D eigenvalue weighted by Crippen LogP contribution is 2.32. The summed E-state index contributed by atoms with van der Waals surface area (Å²) in [5, 5.41) is 26.9. The van der Waals surface area contributed by atoms with Crippen LogP contribution in [0.4, 0.5) is 0 Å². The van der Waals surface area contributed by atoms with E-state index < -0.39 is 17.5 Å². The monoisotopic (exact) mass is 225 g/mol. The number of nitrogens with zero attached hydrogens (tertiary/aromatic N) is 1. The minimum absolute atomic E-state index is 0.510. The summed E-state index contributed by atoms with van der Waals surface area (Å²) in [5.41, 5.74) is -0.883. The van der Waals surface area contributed by atoms with Gasteiger partial charge in [0.25, 0.3) is 0 Å². The van der Waals surface area contributed by atoms with Gasteiger partial charge in [0.15, 0.2) is 6.10 Å². The number of carbonyl (C=O) groups is 1. The van der Waals surface area contributed by atoms with Crippen LogP contribution in [-0.2, 0) is 10.2 Å². The summed E-state index contributed by atoms with van der Waals surface area (Å²) in [7, 11) is 0. The average Bonchev–Trinajstić information content (AvgIpc) is 2.65. The summed E-state index contributed by atoms with van der Waals surface area (Å²) >= 11 is 1.20. The summed E-state index contributed by atoms with van der Waals surface area (Å²) < 4.78 is 0. The van der Waals surface area contributed by atoms with Gasteiger partial charge in [0, 0.05) is 10.3 Å². The van der Waals surface area contributed by atoms with Gasteiger partial charge in [-0.1, -0.05) is 13.8 Å². The molecule has 1 rings (SSSR count). The third-order valence-corrected chi connectivity index (χ3v) is 3.60. The Balaban J connectivity index is 3.05. The van der Waals surface area contributed by atoms with Crippen LogP contribution in [-0.4, -0.2) is 22.3 Å². The van der Waals surface area contributed by atoms with Gasteiger partial charge in [0.1, 0.15) is 10.9 Å². The number of rotatable bonds is 3. The largest absolute Gasteiger partial charge is 0.479 e. The van der Waals surface area contributed by atoms with Crippen molar-refractivity contribution in [3.05, 3.63) is 21.9 Å². The Bertz CT molecular complexity index is 417. The third kappa shape index (κ3) is 2.17. The van der Waals surface area contributed by atoms with Crippen LogP contribution in [0.3, 0.4) is 0 Å². The summed E-state index contributed by atoms with van der Waals surface area (Å²) in [6.07, 6.45) is -1.47. The molecule has 0 aromatic carbocycles. The van der Waals surface area contributed by atoms with Crippen molar-refractivity contribution in [1.29, 1.82) is 5.26 Å². The molecule has 5 heteroatoms. The number of aliphatic hydroxyl groups is 1. The Morgan fingerprint density at radius 1 is 1.60 bits per heavy atom. The van der Waals surface area contributed by atoms with E-state index in [1.165, 1.54) is 11.3 Å². The predicted molar refractivity (Wildman–Crippen MR) is 55.7 cm³/mol. The highest BCUT2D eigenvalue weighted by Gasteiger charge is 2.36. The van der Waals surface area contributed by atoms with E-state index in [2.05, 4.69) is 0 Å². The topological polar surface area (TPSA) is 81.3 Å². The Hall–Kier alpha value is -1.38. The first-order chi connectivity index (χ1) is 6.89. The molecule has 0 spiro atoms. The second kappa shape index (κ2) is 4.01. The van der Waals surface area contributed by atoms with E-state index in [9.17, 15) is 9.90 Å². The molecule has 1 aromatic rings. The zero-order valence-corrected chi connectivity index (χ0v) is 9.21. The van der Waals surface area contributed by atoms with Gasteiger partial charge in [-0.25, -0.2) is 4.79 Å². The van der Waals surface area contributed by atoms with Crippen molar-refractivity contribution in [2.75, 3.05) is 0 Å². The van der Waals surface area contributed by atoms with E-state index in [1.54, 1.807) is 26.0 Å². The first-order valence-corrected chi connectivity index (χ1v) is 5.12. The molecule has 0 radical (unpaired) electrons. The van der Waals surface area contributed by atoms with Crippen LogP contribution in [0.1, 0.15) is 23.6 Å². The van der Waals surface area contributed by atoms with Crippen molar-refractivity contribution in [2.45, 2.75) is 25.4 Å². The minimum Gasteiger partial charge on any atom is -0.479 e. The molecule has 0 aliphatic carbocycles. The van der Waals surface area contributed by atoms with Crippen molar-refractivity contribution in [1.82, 2.24) is 0 Å². The van der Waals surface area contributed by atoms with E-state index in [4.69, 9.17) is 10.4 Å². The summed E-state index contributed by atoms with van der Waals surface area (Å²) in [6, 6.07) is 5.27. The average molecular weight is 225 g/mol. The number of aliphatic hydroxyl groups excluding tert-OH is 1. The summed E-state index contributed by atoms with van der Waals surface area (Å²) in [4.78, 5) is 11.9. The highest BCUT2D eigenvalue weighted by atomic mass is 32.1. The predicted octanol–water partition coefficient (Wildman–Crippen LogP) is 1.34. The van der Waals surface area contributed by atoms with Crippen LogP contribution in [0.15, 0.2) is 12.1 Å². The summed E-state index contributed by atoms with van der Waals surface area (Å²) in [6.45, 7) is 3.28. The van der Waals surface area contributed by atoms with Crippen LogP contribution >= 0.6 is 11.3 Å². The van der Waals surface area contributed by atoms with E-state index in [0.29, 0.717) is 9.75 Å². The molecule has 0 aliphatic heterocycles. The van der Waals surface area contributed by atoms with Gasteiger partial charge >= 0.3 is 5.97 Å². The lowest BCUT2D eigenvalue weighted by Crippen LogP contribution is -2.39. The van der Waals surface area contributed by atoms with Crippen molar-refractivity contribution in [3.63, 3.8) is 0 Å². The maximum absolute atomic E-state index is 10.7. The number of carboxylic acids is 1. The van der Waals surface area contributed by atoms with E-state index in [1.807, 2.05) is 6.07 Å². The van der Waals surface area contributed by atoms with Gasteiger partial charge in [0.2, 0.25) is 0 Å². The Morgan fingerprint density at radius 3 is 2.60 bits per heavy atom. The van der Waals surface area contributed by atoms with Gasteiger partial charge in [-0.05, 0) is 12.1 Å². The number of aliphatic carboxylic acids is 1. The maximum atomic E-state index is 10.7. The van der Waals surface area contributed by atoms with Crippen molar-refractivity contribution < 1.29 is 15.0 Å². The first-order valence-electron chi connectivity index (χ1n) is 4.31. The van der Waals surface area contributed by atoms with Gasteiger partial charge in [-0.15, -0.1) is 11.3 Å². The molecule has 0 saturated carbocycles. The van der Waals surface area contributed by atoms with Crippen LogP contribution in [0, 0.1) is 11.3 Å². The molecule has 1 heterocycles. The number of nitriles is 1. The van der Waals surface area contributed by atoms with E-state index in [-0.39, 0.29) is 0 Å². The van der Waals surface area contributed by atoms with Crippen LogP contribution in [0.2, 0.25) is 0 Å². The quantitative estimate of drug-likeness (QED) is 0.813. The van der Waals surface area contributed by atoms with Crippen LogP contribution in [0.25, 0.3) is 0 Å². The molecule has 0 saturated heterocycles. The molecule has 2 N–H and O–H groups in total. The summed E-state index contributed by atoms with van der Waals surface area (Å²) in [5.74, 6) is -1.26. The number of hydrogen-bond acceptors (Lipinski definition) is 4. The van der Waals surface area contributed by atoms with Crippen molar-refractivity contribution >= 4 is 17.3 Å². The second-order valence-corrected chi connectivity index (χ2v) is 4.82. The van der Waals surface area contributed by atoms with Crippen molar-refractivity contribution in [2.24, 2.45) is 0 Å². The fourth-order valence-corrected chi connectivity index (χ4v) is 2.12. The first kappa shape index (κ1) is 11.7. The van der Waals surface area contributed by atoms with E-state index >= 15 is 0 Å². The number of thiophene rings is 1. The SMILES string of the molecule is CC(C)(c1ccc(C#N)s1)C(O)C(=O)O. The molecule has 1 aromatic heterocycles. The fourth-order valence-electron chi connectivity index (χ4n) is 1.19. The lowest BCUT2D eigenvalue weighted by Gasteiger charge is -2.26. The molecule has 4 nitrogen and oxygen atoms in total. The molecule has 80 valence electrons. The molecule has 0 bridgehead atoms.